The smallest absolute Gasteiger partial charge is 0.313 e. The van der Waals surface area contributed by atoms with E-state index in [0.29, 0.717) is 26.2 Å². The maximum atomic E-state index is 12.6. The number of esters is 1. The molecule has 1 aromatic rings. The van der Waals surface area contributed by atoms with Crippen LogP contribution in [0.1, 0.15) is 38.9 Å². The van der Waals surface area contributed by atoms with Gasteiger partial charge in [0.05, 0.1) is 18.6 Å². The van der Waals surface area contributed by atoms with Crippen molar-refractivity contribution in [3.05, 3.63) is 18.2 Å². The highest BCUT2D eigenvalue weighted by Gasteiger charge is 2.43. The number of aromatic nitrogens is 2. The molecule has 0 saturated carbocycles. The van der Waals surface area contributed by atoms with Crippen LogP contribution in [0, 0.1) is 5.41 Å². The Kier molecular flexibility index (Phi) is 6.59. The molecule has 6 nitrogen and oxygen atoms in total. The summed E-state index contributed by atoms with van der Waals surface area (Å²) in [6.07, 6.45) is 6.42. The number of nitrogens with zero attached hydrogens (tertiary/aromatic N) is 3. The van der Waals surface area contributed by atoms with E-state index in [0.717, 1.165) is 38.3 Å². The second kappa shape index (κ2) is 8.45. The fourth-order valence-electron chi connectivity index (χ4n) is 3.40. The normalized spacial score (nSPS) is 22.2. The molecular formula is C17H29N3O3. The van der Waals surface area contributed by atoms with Crippen LogP contribution < -0.4 is 0 Å². The molecule has 1 unspecified atom stereocenters. The fourth-order valence-corrected chi connectivity index (χ4v) is 3.40. The van der Waals surface area contributed by atoms with Gasteiger partial charge >= 0.3 is 5.97 Å². The summed E-state index contributed by atoms with van der Waals surface area (Å²) < 4.78 is 12.7. The van der Waals surface area contributed by atoms with Gasteiger partial charge in [-0.2, -0.15) is 0 Å². The van der Waals surface area contributed by atoms with E-state index in [1.807, 2.05) is 19.3 Å². The number of methoxy groups -OCH3 is 1. The molecule has 0 aromatic carbocycles. The fraction of sp³-hybridized carbons (Fsp3) is 0.765. The lowest BCUT2D eigenvalue weighted by Gasteiger charge is -2.40. The van der Waals surface area contributed by atoms with Gasteiger partial charge in [-0.3, -0.25) is 9.69 Å². The van der Waals surface area contributed by atoms with Crippen molar-refractivity contribution in [2.24, 2.45) is 5.41 Å². The first-order valence-electron chi connectivity index (χ1n) is 8.53. The summed E-state index contributed by atoms with van der Waals surface area (Å²) in [5, 5.41) is 0. The zero-order chi connectivity index (χ0) is 16.7. The molecule has 1 aliphatic rings. The average Bonchev–Trinajstić information content (AvgIpc) is 3.00. The Morgan fingerprint density at radius 1 is 1.43 bits per heavy atom. The van der Waals surface area contributed by atoms with E-state index >= 15 is 0 Å². The van der Waals surface area contributed by atoms with E-state index < -0.39 is 5.41 Å². The minimum absolute atomic E-state index is 0.0828. The van der Waals surface area contributed by atoms with E-state index in [1.165, 1.54) is 0 Å². The molecule has 0 bridgehead atoms. The Morgan fingerprint density at radius 3 is 2.96 bits per heavy atom. The largest absolute Gasteiger partial charge is 0.466 e. The van der Waals surface area contributed by atoms with Crippen molar-refractivity contribution in [1.82, 2.24) is 14.5 Å². The molecule has 1 atom stereocenters. The van der Waals surface area contributed by atoms with Crippen molar-refractivity contribution in [2.75, 3.05) is 33.4 Å². The van der Waals surface area contributed by atoms with Crippen molar-refractivity contribution in [3.63, 3.8) is 0 Å². The first-order chi connectivity index (χ1) is 11.1. The van der Waals surface area contributed by atoms with Crippen LogP contribution in [0.15, 0.2) is 12.4 Å². The van der Waals surface area contributed by atoms with Crippen LogP contribution in [0.4, 0.5) is 0 Å². The Bertz CT molecular complexity index is 503. The molecule has 1 aromatic heterocycles. The zero-order valence-corrected chi connectivity index (χ0v) is 14.6. The standard InChI is InChI=1S/C17H29N3O3/c1-4-20-11-9-18-15(20)13-19-10-6-7-17(14-19,8-12-22-3)16(21)23-5-2/h9,11H,4-8,10,12-14H2,1-3H3. The molecular weight excluding hydrogens is 294 g/mol. The van der Waals surface area contributed by atoms with Crippen molar-refractivity contribution in [3.8, 4) is 0 Å². The van der Waals surface area contributed by atoms with Gasteiger partial charge in [0, 0.05) is 39.2 Å². The van der Waals surface area contributed by atoms with Crippen molar-refractivity contribution in [1.29, 1.82) is 0 Å². The Morgan fingerprint density at radius 2 is 2.26 bits per heavy atom. The van der Waals surface area contributed by atoms with Crippen LogP contribution in [-0.4, -0.2) is 53.8 Å². The van der Waals surface area contributed by atoms with Gasteiger partial charge < -0.3 is 14.0 Å². The number of rotatable bonds is 8. The number of hydrogen-bond donors (Lipinski definition) is 0. The quantitative estimate of drug-likeness (QED) is 0.686. The van der Waals surface area contributed by atoms with E-state index in [-0.39, 0.29) is 5.97 Å². The topological polar surface area (TPSA) is 56.6 Å². The van der Waals surface area contributed by atoms with Gasteiger partial charge in [0.15, 0.2) is 0 Å². The Labute approximate surface area is 138 Å². The number of piperidine rings is 1. The molecule has 23 heavy (non-hydrogen) atoms. The van der Waals surface area contributed by atoms with Crippen molar-refractivity contribution < 1.29 is 14.3 Å². The molecule has 0 amide bonds. The van der Waals surface area contributed by atoms with Crippen LogP contribution in [0.2, 0.25) is 0 Å². The molecule has 0 radical (unpaired) electrons. The first-order valence-corrected chi connectivity index (χ1v) is 8.53. The molecule has 2 heterocycles. The zero-order valence-electron chi connectivity index (χ0n) is 14.6. The number of hydrogen-bond acceptors (Lipinski definition) is 5. The SMILES string of the molecule is CCOC(=O)C1(CCOC)CCCN(Cc2nccn2CC)C1. The molecule has 0 aliphatic carbocycles. The highest BCUT2D eigenvalue weighted by Crippen LogP contribution is 2.35. The monoisotopic (exact) mass is 323 g/mol. The summed E-state index contributed by atoms with van der Waals surface area (Å²) in [7, 11) is 1.68. The summed E-state index contributed by atoms with van der Waals surface area (Å²) in [5.74, 6) is 0.972. The average molecular weight is 323 g/mol. The summed E-state index contributed by atoms with van der Waals surface area (Å²) in [4.78, 5) is 19.3. The highest BCUT2D eigenvalue weighted by molar-refractivity contribution is 5.77. The van der Waals surface area contributed by atoms with Gasteiger partial charge in [0.25, 0.3) is 0 Å². The molecule has 130 valence electrons. The number of aryl methyl sites for hydroxylation is 1. The lowest BCUT2D eigenvalue weighted by atomic mass is 9.77. The number of carbonyl (C=O) groups excluding carboxylic acids is 1. The van der Waals surface area contributed by atoms with Gasteiger partial charge in [-0.1, -0.05) is 0 Å². The lowest BCUT2D eigenvalue weighted by molar-refractivity contribution is -0.160. The molecule has 1 saturated heterocycles. The number of carbonyl (C=O) groups is 1. The number of ether oxygens (including phenoxy) is 2. The summed E-state index contributed by atoms with van der Waals surface area (Å²) >= 11 is 0. The van der Waals surface area contributed by atoms with E-state index in [1.54, 1.807) is 7.11 Å². The number of likely N-dealkylation sites (tertiary alicyclic amines) is 1. The van der Waals surface area contributed by atoms with E-state index in [2.05, 4.69) is 21.4 Å². The molecule has 1 aliphatic heterocycles. The second-order valence-corrected chi connectivity index (χ2v) is 6.19. The third-order valence-electron chi connectivity index (χ3n) is 4.66. The third-order valence-corrected chi connectivity index (χ3v) is 4.66. The minimum atomic E-state index is -0.450. The van der Waals surface area contributed by atoms with Crippen LogP contribution in [-0.2, 0) is 27.4 Å². The molecule has 6 heteroatoms. The lowest BCUT2D eigenvalue weighted by Crippen LogP contribution is -2.49. The molecule has 1 fully saturated rings. The highest BCUT2D eigenvalue weighted by atomic mass is 16.5. The van der Waals surface area contributed by atoms with Gasteiger partial charge in [0.1, 0.15) is 5.82 Å². The van der Waals surface area contributed by atoms with Gasteiger partial charge in [0.2, 0.25) is 0 Å². The maximum absolute atomic E-state index is 12.6. The van der Waals surface area contributed by atoms with Crippen LogP contribution >= 0.6 is 0 Å². The molecule has 2 rings (SSSR count). The summed E-state index contributed by atoms with van der Waals surface area (Å²) in [5.41, 5.74) is -0.450. The molecule has 0 spiro atoms. The predicted molar refractivity (Wildman–Crippen MR) is 88.0 cm³/mol. The maximum Gasteiger partial charge on any atom is 0.313 e. The van der Waals surface area contributed by atoms with Crippen molar-refractivity contribution in [2.45, 2.75) is 46.2 Å². The number of imidazole rings is 1. The van der Waals surface area contributed by atoms with Gasteiger partial charge in [-0.05, 0) is 39.7 Å². The Hall–Kier alpha value is -1.40. The molecule has 0 N–H and O–H groups in total. The third kappa shape index (κ3) is 4.32. The van der Waals surface area contributed by atoms with Crippen LogP contribution in [0.5, 0.6) is 0 Å². The minimum Gasteiger partial charge on any atom is -0.466 e. The van der Waals surface area contributed by atoms with E-state index in [9.17, 15) is 4.79 Å². The van der Waals surface area contributed by atoms with Gasteiger partial charge in [-0.25, -0.2) is 4.98 Å². The van der Waals surface area contributed by atoms with Gasteiger partial charge in [-0.15, -0.1) is 0 Å². The Balaban J connectivity index is 2.09. The summed E-state index contributed by atoms with van der Waals surface area (Å²) in [6, 6.07) is 0. The van der Waals surface area contributed by atoms with Crippen LogP contribution in [0.25, 0.3) is 0 Å². The predicted octanol–water partition coefficient (Wildman–Crippen LogP) is 2.08. The second-order valence-electron chi connectivity index (χ2n) is 6.19. The van der Waals surface area contributed by atoms with Crippen LogP contribution in [0.3, 0.4) is 0 Å². The van der Waals surface area contributed by atoms with E-state index in [4.69, 9.17) is 9.47 Å². The summed E-state index contributed by atoms with van der Waals surface area (Å²) in [6.45, 7) is 8.37. The van der Waals surface area contributed by atoms with Crippen molar-refractivity contribution >= 4 is 5.97 Å². The first kappa shape index (κ1) is 17.9.